The second kappa shape index (κ2) is 11.2. The fourth-order valence-electron chi connectivity index (χ4n) is 4.69. The minimum absolute atomic E-state index is 0.00738. The first kappa shape index (κ1) is 27.0. The summed E-state index contributed by atoms with van der Waals surface area (Å²) >= 11 is 6.14. The summed E-state index contributed by atoms with van der Waals surface area (Å²) in [6.45, 7) is -0.0671. The second-order valence-electron chi connectivity index (χ2n) is 9.24. The SMILES string of the molecule is NC(=O)c1cc(-c2cccnc2[C@H](Cc2cc(F)cc(F)c2)NC(=O)Cn2ccc3ccc(Cl)cc32)ccc1F. The summed E-state index contributed by atoms with van der Waals surface area (Å²) < 4.78 is 44.0. The van der Waals surface area contributed by atoms with Crippen LogP contribution >= 0.6 is 11.6 Å². The largest absolute Gasteiger partial charge is 0.366 e. The summed E-state index contributed by atoms with van der Waals surface area (Å²) in [5.74, 6) is -3.64. The molecule has 2 amide bonds. The minimum Gasteiger partial charge on any atom is -0.366 e. The number of nitrogens with one attached hydrogen (secondary N) is 1. The molecule has 3 N–H and O–H groups in total. The number of carbonyl (C=O) groups excluding carboxylic acids is 2. The first-order valence-corrected chi connectivity index (χ1v) is 12.6. The number of hydrogen-bond acceptors (Lipinski definition) is 3. The maximum atomic E-state index is 14.2. The van der Waals surface area contributed by atoms with E-state index in [9.17, 15) is 22.8 Å². The van der Waals surface area contributed by atoms with Gasteiger partial charge < -0.3 is 15.6 Å². The highest BCUT2D eigenvalue weighted by molar-refractivity contribution is 6.31. The van der Waals surface area contributed by atoms with Crippen LogP contribution in [-0.2, 0) is 17.8 Å². The van der Waals surface area contributed by atoms with Crippen LogP contribution in [-0.4, -0.2) is 21.4 Å². The summed E-state index contributed by atoms with van der Waals surface area (Å²) in [7, 11) is 0. The predicted octanol–water partition coefficient (Wildman–Crippen LogP) is 5.97. The van der Waals surface area contributed by atoms with Crippen molar-refractivity contribution in [3.05, 3.63) is 124 Å². The van der Waals surface area contributed by atoms with E-state index in [4.69, 9.17) is 17.3 Å². The summed E-state index contributed by atoms with van der Waals surface area (Å²) in [6, 6.07) is 16.7. The zero-order valence-corrected chi connectivity index (χ0v) is 21.6. The number of amides is 2. The quantitative estimate of drug-likeness (QED) is 0.244. The van der Waals surface area contributed by atoms with E-state index in [2.05, 4.69) is 10.3 Å². The third-order valence-corrected chi connectivity index (χ3v) is 6.69. The van der Waals surface area contributed by atoms with Crippen molar-refractivity contribution < 1.29 is 22.8 Å². The Balaban J connectivity index is 1.53. The molecule has 3 aromatic carbocycles. The molecule has 202 valence electrons. The molecule has 1 atom stereocenters. The van der Waals surface area contributed by atoms with E-state index in [-0.39, 0.29) is 24.1 Å². The van der Waals surface area contributed by atoms with Gasteiger partial charge in [0.15, 0.2) is 0 Å². The van der Waals surface area contributed by atoms with Crippen LogP contribution in [0.4, 0.5) is 13.2 Å². The van der Waals surface area contributed by atoms with Crippen molar-refractivity contribution in [1.29, 1.82) is 0 Å². The number of nitrogens with zero attached hydrogens (tertiary/aromatic N) is 2. The third-order valence-electron chi connectivity index (χ3n) is 6.46. The highest BCUT2D eigenvalue weighted by Gasteiger charge is 2.23. The Morgan fingerprint density at radius 1 is 0.975 bits per heavy atom. The highest BCUT2D eigenvalue weighted by atomic mass is 35.5. The molecule has 0 aliphatic rings. The van der Waals surface area contributed by atoms with Gasteiger partial charge in [0, 0.05) is 34.6 Å². The molecule has 0 aliphatic carbocycles. The molecule has 10 heteroatoms. The number of hydrogen-bond donors (Lipinski definition) is 2. The van der Waals surface area contributed by atoms with Crippen LogP contribution in [0.25, 0.3) is 22.0 Å². The smallest absolute Gasteiger partial charge is 0.251 e. The lowest BCUT2D eigenvalue weighted by atomic mass is 9.94. The molecular weight excluding hydrogens is 541 g/mol. The van der Waals surface area contributed by atoms with Gasteiger partial charge in [-0.2, -0.15) is 0 Å². The van der Waals surface area contributed by atoms with Crippen molar-refractivity contribution in [2.24, 2.45) is 5.73 Å². The van der Waals surface area contributed by atoms with E-state index in [1.54, 1.807) is 35.0 Å². The average Bonchev–Trinajstić information content (AvgIpc) is 3.29. The first-order valence-electron chi connectivity index (χ1n) is 12.2. The van der Waals surface area contributed by atoms with Gasteiger partial charge in [0.1, 0.15) is 24.0 Å². The maximum Gasteiger partial charge on any atom is 0.251 e. The van der Waals surface area contributed by atoms with Gasteiger partial charge in [0.05, 0.1) is 17.3 Å². The number of halogens is 4. The van der Waals surface area contributed by atoms with Crippen LogP contribution in [0.3, 0.4) is 0 Å². The van der Waals surface area contributed by atoms with Gasteiger partial charge in [-0.15, -0.1) is 0 Å². The fraction of sp³-hybridized carbons (Fsp3) is 0.100. The molecule has 0 unspecified atom stereocenters. The molecule has 0 spiro atoms. The van der Waals surface area contributed by atoms with Crippen LogP contribution in [0.5, 0.6) is 0 Å². The lowest BCUT2D eigenvalue weighted by Crippen LogP contribution is -2.33. The predicted molar refractivity (Wildman–Crippen MR) is 146 cm³/mol. The number of rotatable bonds is 8. The van der Waals surface area contributed by atoms with Crippen molar-refractivity contribution in [3.63, 3.8) is 0 Å². The van der Waals surface area contributed by atoms with Crippen LogP contribution in [0.2, 0.25) is 5.02 Å². The molecule has 5 rings (SSSR count). The van der Waals surface area contributed by atoms with Gasteiger partial charge in [-0.1, -0.05) is 29.8 Å². The number of carbonyl (C=O) groups is 2. The van der Waals surface area contributed by atoms with Crippen LogP contribution < -0.4 is 11.1 Å². The molecule has 0 saturated heterocycles. The Hall–Kier alpha value is -4.63. The lowest BCUT2D eigenvalue weighted by molar-refractivity contribution is -0.122. The molecule has 0 saturated carbocycles. The molecule has 0 radical (unpaired) electrons. The van der Waals surface area contributed by atoms with E-state index >= 15 is 0 Å². The summed E-state index contributed by atoms with van der Waals surface area (Å²) in [4.78, 5) is 29.6. The average molecular weight is 563 g/mol. The Morgan fingerprint density at radius 3 is 2.50 bits per heavy atom. The van der Waals surface area contributed by atoms with Crippen molar-refractivity contribution in [3.8, 4) is 11.1 Å². The molecule has 5 aromatic rings. The number of nitrogens with two attached hydrogens (primary N) is 1. The van der Waals surface area contributed by atoms with Crippen molar-refractivity contribution in [2.75, 3.05) is 0 Å². The number of fused-ring (bicyclic) bond motifs is 1. The van der Waals surface area contributed by atoms with Crippen LogP contribution in [0, 0.1) is 17.5 Å². The number of pyridine rings is 1. The van der Waals surface area contributed by atoms with Gasteiger partial charge in [-0.3, -0.25) is 14.6 Å². The van der Waals surface area contributed by atoms with E-state index in [0.717, 1.165) is 23.0 Å². The Labute approximate surface area is 232 Å². The zero-order chi connectivity index (χ0) is 28.4. The summed E-state index contributed by atoms with van der Waals surface area (Å²) in [5, 5.41) is 4.35. The molecule has 0 aliphatic heterocycles. The molecule has 2 aromatic heterocycles. The van der Waals surface area contributed by atoms with Crippen LogP contribution in [0.15, 0.2) is 85.2 Å². The van der Waals surface area contributed by atoms with Crippen LogP contribution in [0.1, 0.15) is 27.7 Å². The maximum absolute atomic E-state index is 14.2. The van der Waals surface area contributed by atoms with E-state index in [1.165, 1.54) is 30.5 Å². The minimum atomic E-state index is -0.941. The molecule has 40 heavy (non-hydrogen) atoms. The monoisotopic (exact) mass is 562 g/mol. The van der Waals surface area contributed by atoms with Gasteiger partial charge in [0.2, 0.25) is 5.91 Å². The van der Waals surface area contributed by atoms with E-state index in [1.807, 2.05) is 12.1 Å². The standard InChI is InChI=1S/C30H22ClF3N4O2/c31-20-5-3-18-7-9-38(27(18)14-20)16-28(39)37-26(12-17-10-21(32)15-22(33)11-17)29-23(2-1-8-36-29)19-4-6-25(34)24(13-19)30(35)40/h1-11,13-15,26H,12,16H2,(H2,35,40)(H,37,39)/t26-/m0/s1. The molecule has 2 heterocycles. The summed E-state index contributed by atoms with van der Waals surface area (Å²) in [6.07, 6.45) is 3.25. The fourth-order valence-corrected chi connectivity index (χ4v) is 4.86. The van der Waals surface area contributed by atoms with Crippen molar-refractivity contribution >= 4 is 34.3 Å². The lowest BCUT2D eigenvalue weighted by Gasteiger charge is -2.22. The summed E-state index contributed by atoms with van der Waals surface area (Å²) in [5.41, 5.74) is 7.33. The van der Waals surface area contributed by atoms with Gasteiger partial charge in [-0.05, 0) is 71.5 Å². The highest BCUT2D eigenvalue weighted by Crippen LogP contribution is 2.30. The zero-order valence-electron chi connectivity index (χ0n) is 20.9. The van der Waals surface area contributed by atoms with E-state index in [0.29, 0.717) is 21.8 Å². The molecule has 6 nitrogen and oxygen atoms in total. The first-order chi connectivity index (χ1) is 19.2. The Kier molecular flexibility index (Phi) is 7.57. The number of primary amides is 1. The second-order valence-corrected chi connectivity index (χ2v) is 9.68. The van der Waals surface area contributed by atoms with Crippen molar-refractivity contribution in [2.45, 2.75) is 19.0 Å². The van der Waals surface area contributed by atoms with Gasteiger partial charge in [-0.25, -0.2) is 13.2 Å². The molecular formula is C30H22ClF3N4O2. The third kappa shape index (κ3) is 5.84. The number of aromatic nitrogens is 2. The topological polar surface area (TPSA) is 90.0 Å². The molecule has 0 bridgehead atoms. The van der Waals surface area contributed by atoms with Gasteiger partial charge >= 0.3 is 0 Å². The molecule has 0 fully saturated rings. The number of benzene rings is 3. The Morgan fingerprint density at radius 2 is 1.75 bits per heavy atom. The Bertz CT molecular complexity index is 1730. The normalized spacial score (nSPS) is 11.9. The van der Waals surface area contributed by atoms with E-state index < -0.39 is 35.3 Å². The van der Waals surface area contributed by atoms with Gasteiger partial charge in [0.25, 0.3) is 5.91 Å². The van der Waals surface area contributed by atoms with Crippen molar-refractivity contribution in [1.82, 2.24) is 14.9 Å².